The lowest BCUT2D eigenvalue weighted by Crippen LogP contribution is -2.43. The van der Waals surface area contributed by atoms with E-state index >= 15 is 0 Å². The predicted octanol–water partition coefficient (Wildman–Crippen LogP) is 2.79. The van der Waals surface area contributed by atoms with Crippen LogP contribution in [0.1, 0.15) is 31.9 Å². The monoisotopic (exact) mass is 247 g/mol. The van der Waals surface area contributed by atoms with Crippen molar-refractivity contribution >= 4 is 5.97 Å². The molecule has 1 aromatic carbocycles. The van der Waals surface area contributed by atoms with Crippen LogP contribution in [0.4, 0.5) is 0 Å². The van der Waals surface area contributed by atoms with Crippen LogP contribution in [0.5, 0.6) is 0 Å². The lowest BCUT2D eigenvalue weighted by Gasteiger charge is -2.38. The Labute approximate surface area is 108 Å². The second-order valence-corrected chi connectivity index (χ2v) is 5.55. The molecular weight excluding hydrogens is 226 g/mol. The molecule has 0 spiro atoms. The van der Waals surface area contributed by atoms with Crippen LogP contribution in [0.25, 0.3) is 0 Å². The zero-order valence-electron chi connectivity index (χ0n) is 11.0. The molecule has 0 radical (unpaired) electrons. The number of carboxylic acid groups (broad SMARTS) is 1. The van der Waals surface area contributed by atoms with Gasteiger partial charge in [-0.2, -0.15) is 0 Å². The predicted molar refractivity (Wildman–Crippen MR) is 71.3 cm³/mol. The Morgan fingerprint density at radius 1 is 1.22 bits per heavy atom. The molecular formula is C15H21NO2. The van der Waals surface area contributed by atoms with Crippen LogP contribution in [0.15, 0.2) is 30.3 Å². The van der Waals surface area contributed by atoms with Crippen molar-refractivity contribution < 1.29 is 9.90 Å². The smallest absolute Gasteiger partial charge is 0.325 e. The number of carbonyl (C=O) groups is 1. The Morgan fingerprint density at radius 2 is 1.78 bits per heavy atom. The van der Waals surface area contributed by atoms with Gasteiger partial charge in [0.15, 0.2) is 0 Å². The summed E-state index contributed by atoms with van der Waals surface area (Å²) < 4.78 is 0. The van der Waals surface area contributed by atoms with Crippen molar-refractivity contribution in [3.63, 3.8) is 0 Å². The molecule has 0 amide bonds. The highest BCUT2D eigenvalue weighted by atomic mass is 16.4. The first-order valence-corrected chi connectivity index (χ1v) is 6.59. The van der Waals surface area contributed by atoms with Gasteiger partial charge in [-0.1, -0.05) is 44.2 Å². The first-order chi connectivity index (χ1) is 8.58. The van der Waals surface area contributed by atoms with Gasteiger partial charge in [-0.3, -0.25) is 9.69 Å². The van der Waals surface area contributed by atoms with Gasteiger partial charge in [0.1, 0.15) is 6.04 Å². The van der Waals surface area contributed by atoms with E-state index in [2.05, 4.69) is 18.7 Å². The molecule has 1 saturated heterocycles. The molecule has 3 nitrogen and oxygen atoms in total. The van der Waals surface area contributed by atoms with Gasteiger partial charge in [-0.05, 0) is 23.8 Å². The van der Waals surface area contributed by atoms with Crippen LogP contribution in [-0.4, -0.2) is 29.1 Å². The Morgan fingerprint density at radius 3 is 2.28 bits per heavy atom. The number of nitrogens with zero attached hydrogens (tertiary/aromatic N) is 1. The van der Waals surface area contributed by atoms with Gasteiger partial charge in [0, 0.05) is 13.1 Å². The fourth-order valence-corrected chi connectivity index (χ4v) is 3.07. The van der Waals surface area contributed by atoms with Crippen molar-refractivity contribution in [2.45, 2.75) is 26.3 Å². The third-order valence-electron chi connectivity index (χ3n) is 3.61. The molecule has 2 rings (SSSR count). The van der Waals surface area contributed by atoms with E-state index in [-0.39, 0.29) is 0 Å². The molecule has 1 aliphatic rings. The number of likely N-dealkylation sites (tertiary alicyclic amines) is 1. The standard InChI is InChI=1S/C15H21NO2/c1-11-8-12(2)10-16(9-11)14(15(17)18)13-6-4-3-5-7-13/h3-7,11-12,14H,8-10H2,1-2H3,(H,17,18)/t11-,12+,14-/m0/s1. The maximum Gasteiger partial charge on any atom is 0.325 e. The van der Waals surface area contributed by atoms with Crippen LogP contribution in [0.3, 0.4) is 0 Å². The molecule has 1 heterocycles. The summed E-state index contributed by atoms with van der Waals surface area (Å²) >= 11 is 0. The van der Waals surface area contributed by atoms with Gasteiger partial charge in [0.05, 0.1) is 0 Å². The van der Waals surface area contributed by atoms with E-state index in [4.69, 9.17) is 0 Å². The molecule has 1 aliphatic heterocycles. The van der Waals surface area contributed by atoms with E-state index in [1.54, 1.807) is 0 Å². The molecule has 1 N–H and O–H groups in total. The summed E-state index contributed by atoms with van der Waals surface area (Å²) in [6, 6.07) is 9.04. The highest BCUT2D eigenvalue weighted by Gasteiger charge is 2.32. The third kappa shape index (κ3) is 2.91. The molecule has 18 heavy (non-hydrogen) atoms. The van der Waals surface area contributed by atoms with Crippen molar-refractivity contribution in [3.05, 3.63) is 35.9 Å². The molecule has 1 aromatic rings. The van der Waals surface area contributed by atoms with Gasteiger partial charge in [0.2, 0.25) is 0 Å². The second-order valence-electron chi connectivity index (χ2n) is 5.55. The van der Waals surface area contributed by atoms with Crippen molar-refractivity contribution in [1.82, 2.24) is 4.90 Å². The zero-order chi connectivity index (χ0) is 13.1. The van der Waals surface area contributed by atoms with Gasteiger partial charge >= 0.3 is 5.97 Å². The number of rotatable bonds is 3. The molecule has 0 unspecified atom stereocenters. The van der Waals surface area contributed by atoms with E-state index < -0.39 is 12.0 Å². The number of piperidine rings is 1. The number of benzene rings is 1. The summed E-state index contributed by atoms with van der Waals surface area (Å²) in [5.74, 6) is 0.390. The normalized spacial score (nSPS) is 26.8. The number of carboxylic acids is 1. The Balaban J connectivity index is 2.23. The maximum atomic E-state index is 11.6. The number of hydrogen-bond donors (Lipinski definition) is 1. The molecule has 0 saturated carbocycles. The lowest BCUT2D eigenvalue weighted by molar-refractivity contribution is -0.144. The Kier molecular flexibility index (Phi) is 4.02. The van der Waals surface area contributed by atoms with Crippen LogP contribution < -0.4 is 0 Å². The zero-order valence-corrected chi connectivity index (χ0v) is 11.0. The minimum atomic E-state index is -0.748. The second kappa shape index (κ2) is 5.53. The largest absolute Gasteiger partial charge is 0.480 e. The molecule has 3 heteroatoms. The minimum absolute atomic E-state index is 0.503. The highest BCUT2D eigenvalue weighted by Crippen LogP contribution is 2.29. The van der Waals surface area contributed by atoms with Crippen LogP contribution in [0.2, 0.25) is 0 Å². The van der Waals surface area contributed by atoms with Crippen LogP contribution in [-0.2, 0) is 4.79 Å². The van der Waals surface area contributed by atoms with Gasteiger partial charge in [-0.15, -0.1) is 0 Å². The number of hydrogen-bond acceptors (Lipinski definition) is 2. The molecule has 1 fully saturated rings. The van der Waals surface area contributed by atoms with Gasteiger partial charge < -0.3 is 5.11 Å². The van der Waals surface area contributed by atoms with Crippen molar-refractivity contribution in [3.8, 4) is 0 Å². The summed E-state index contributed by atoms with van der Waals surface area (Å²) in [4.78, 5) is 13.7. The van der Waals surface area contributed by atoms with Crippen LogP contribution >= 0.6 is 0 Å². The highest BCUT2D eigenvalue weighted by molar-refractivity contribution is 5.75. The topological polar surface area (TPSA) is 40.5 Å². The van der Waals surface area contributed by atoms with E-state index in [0.717, 1.165) is 18.7 Å². The van der Waals surface area contributed by atoms with Crippen molar-refractivity contribution in [2.24, 2.45) is 11.8 Å². The van der Waals surface area contributed by atoms with Crippen LogP contribution in [0, 0.1) is 11.8 Å². The van der Waals surface area contributed by atoms with E-state index in [0.29, 0.717) is 11.8 Å². The van der Waals surface area contributed by atoms with E-state index in [9.17, 15) is 9.90 Å². The number of aliphatic carboxylic acids is 1. The fourth-order valence-electron chi connectivity index (χ4n) is 3.07. The quantitative estimate of drug-likeness (QED) is 0.893. The summed E-state index contributed by atoms with van der Waals surface area (Å²) in [7, 11) is 0. The average Bonchev–Trinajstić information content (AvgIpc) is 2.28. The summed E-state index contributed by atoms with van der Waals surface area (Å²) in [5.41, 5.74) is 0.881. The molecule has 3 atom stereocenters. The summed E-state index contributed by atoms with van der Waals surface area (Å²) in [5, 5.41) is 9.51. The minimum Gasteiger partial charge on any atom is -0.480 e. The fraction of sp³-hybridized carbons (Fsp3) is 0.533. The SMILES string of the molecule is C[C@@H]1C[C@H](C)CN([C@H](C(=O)O)c2ccccc2)C1. The first kappa shape index (κ1) is 13.1. The van der Waals surface area contributed by atoms with Crippen molar-refractivity contribution in [2.75, 3.05) is 13.1 Å². The maximum absolute atomic E-state index is 11.6. The summed E-state index contributed by atoms with van der Waals surface area (Å²) in [6.07, 6.45) is 1.19. The average molecular weight is 247 g/mol. The van der Waals surface area contributed by atoms with E-state index in [1.807, 2.05) is 30.3 Å². The molecule has 98 valence electrons. The van der Waals surface area contributed by atoms with Gasteiger partial charge in [0.25, 0.3) is 0 Å². The molecule has 0 aromatic heterocycles. The molecule has 0 aliphatic carbocycles. The summed E-state index contributed by atoms with van der Waals surface area (Å²) in [6.45, 7) is 6.14. The van der Waals surface area contributed by atoms with Crippen molar-refractivity contribution in [1.29, 1.82) is 0 Å². The van der Waals surface area contributed by atoms with Gasteiger partial charge in [-0.25, -0.2) is 0 Å². The Hall–Kier alpha value is -1.35. The first-order valence-electron chi connectivity index (χ1n) is 6.59. The lowest BCUT2D eigenvalue weighted by atomic mass is 9.90. The molecule has 0 bridgehead atoms. The third-order valence-corrected chi connectivity index (χ3v) is 3.61. The Bertz CT molecular complexity index is 394. The van der Waals surface area contributed by atoms with E-state index in [1.165, 1.54) is 6.42 Å².